The van der Waals surface area contributed by atoms with Crippen molar-refractivity contribution in [2.24, 2.45) is 0 Å². The Labute approximate surface area is 115 Å². The highest BCUT2D eigenvalue weighted by Crippen LogP contribution is 2.08. The van der Waals surface area contributed by atoms with E-state index in [1.165, 1.54) is 0 Å². The fourth-order valence-corrected chi connectivity index (χ4v) is 1.67. The first-order valence-electron chi connectivity index (χ1n) is 6.64. The highest BCUT2D eigenvalue weighted by atomic mass is 16.2. The van der Waals surface area contributed by atoms with Crippen LogP contribution < -0.4 is 0 Å². The van der Waals surface area contributed by atoms with Crippen molar-refractivity contribution in [2.45, 2.75) is 26.2 Å². The average Bonchev–Trinajstić information content (AvgIpc) is 2.44. The van der Waals surface area contributed by atoms with Gasteiger partial charge in [-0.2, -0.15) is 0 Å². The molecule has 0 radical (unpaired) electrons. The molecule has 0 saturated carbocycles. The second-order valence-electron chi connectivity index (χ2n) is 4.44. The molecule has 0 saturated heterocycles. The van der Waals surface area contributed by atoms with E-state index >= 15 is 0 Å². The molecule has 19 heavy (non-hydrogen) atoms. The number of amides is 1. The molecule has 3 nitrogen and oxygen atoms in total. The van der Waals surface area contributed by atoms with Gasteiger partial charge in [0.15, 0.2) is 0 Å². The van der Waals surface area contributed by atoms with Crippen molar-refractivity contribution in [1.29, 1.82) is 0 Å². The first-order chi connectivity index (χ1) is 9.19. The minimum absolute atomic E-state index is 0.0271. The third-order valence-electron chi connectivity index (χ3n) is 2.77. The summed E-state index contributed by atoms with van der Waals surface area (Å²) in [5.74, 6) is 5.83. The quantitative estimate of drug-likeness (QED) is 0.824. The lowest BCUT2D eigenvalue weighted by atomic mass is 10.1. The molecule has 0 heterocycles. The van der Waals surface area contributed by atoms with E-state index in [1.807, 2.05) is 25.2 Å². The molecule has 1 rings (SSSR count). The van der Waals surface area contributed by atoms with E-state index in [9.17, 15) is 4.79 Å². The molecule has 0 atom stereocenters. The van der Waals surface area contributed by atoms with Crippen molar-refractivity contribution in [3.63, 3.8) is 0 Å². The topological polar surface area (TPSA) is 40.5 Å². The summed E-state index contributed by atoms with van der Waals surface area (Å²) < 4.78 is 0. The summed E-state index contributed by atoms with van der Waals surface area (Å²) in [4.78, 5) is 13.9. The summed E-state index contributed by atoms with van der Waals surface area (Å²) in [7, 11) is 1.82. The lowest BCUT2D eigenvalue weighted by Crippen LogP contribution is -2.27. The van der Waals surface area contributed by atoms with Crippen molar-refractivity contribution in [2.75, 3.05) is 20.2 Å². The molecule has 102 valence electrons. The van der Waals surface area contributed by atoms with Crippen LogP contribution in [0.3, 0.4) is 0 Å². The molecular weight excluding hydrogens is 238 g/mol. The Morgan fingerprint density at radius 1 is 1.42 bits per heavy atom. The third-order valence-corrected chi connectivity index (χ3v) is 2.77. The fourth-order valence-electron chi connectivity index (χ4n) is 1.67. The van der Waals surface area contributed by atoms with Crippen LogP contribution in [0.15, 0.2) is 24.3 Å². The zero-order valence-corrected chi connectivity index (χ0v) is 11.6. The van der Waals surface area contributed by atoms with E-state index in [-0.39, 0.29) is 12.5 Å². The van der Waals surface area contributed by atoms with Gasteiger partial charge in [0.25, 0.3) is 5.91 Å². The zero-order chi connectivity index (χ0) is 14.1. The van der Waals surface area contributed by atoms with Gasteiger partial charge in [0, 0.05) is 31.1 Å². The minimum atomic E-state index is 0.0271. The van der Waals surface area contributed by atoms with E-state index in [1.54, 1.807) is 11.0 Å². The summed E-state index contributed by atoms with van der Waals surface area (Å²) in [5.41, 5.74) is 1.47. The van der Waals surface area contributed by atoms with Crippen LogP contribution in [-0.4, -0.2) is 36.1 Å². The predicted octanol–water partition coefficient (Wildman–Crippen LogP) is 2.29. The summed E-state index contributed by atoms with van der Waals surface area (Å²) in [6.45, 7) is 2.94. The molecule has 0 aliphatic carbocycles. The van der Waals surface area contributed by atoms with Crippen LogP contribution in [0, 0.1) is 11.8 Å². The van der Waals surface area contributed by atoms with Gasteiger partial charge >= 0.3 is 0 Å². The second-order valence-corrected chi connectivity index (χ2v) is 4.44. The van der Waals surface area contributed by atoms with Crippen molar-refractivity contribution in [1.82, 2.24) is 4.90 Å². The zero-order valence-electron chi connectivity index (χ0n) is 11.6. The monoisotopic (exact) mass is 259 g/mol. The van der Waals surface area contributed by atoms with Gasteiger partial charge in [-0.25, -0.2) is 0 Å². The van der Waals surface area contributed by atoms with E-state index in [0.717, 1.165) is 24.9 Å². The number of rotatable bonds is 5. The first kappa shape index (κ1) is 15.3. The number of hydrogen-bond donors (Lipinski definition) is 1. The largest absolute Gasteiger partial charge is 0.395 e. The van der Waals surface area contributed by atoms with Gasteiger partial charge in [-0.15, -0.1) is 0 Å². The Bertz CT molecular complexity index is 471. The Hall–Kier alpha value is -1.79. The smallest absolute Gasteiger partial charge is 0.253 e. The van der Waals surface area contributed by atoms with Crippen molar-refractivity contribution >= 4 is 5.91 Å². The number of carbonyl (C=O) groups is 1. The van der Waals surface area contributed by atoms with E-state index in [2.05, 4.69) is 18.8 Å². The molecule has 0 aliphatic heterocycles. The van der Waals surface area contributed by atoms with Crippen LogP contribution >= 0.6 is 0 Å². The van der Waals surface area contributed by atoms with Gasteiger partial charge in [-0.3, -0.25) is 4.79 Å². The van der Waals surface area contributed by atoms with Crippen LogP contribution in [0.25, 0.3) is 0 Å². The molecule has 0 fully saturated rings. The van der Waals surface area contributed by atoms with Gasteiger partial charge in [0.1, 0.15) is 0 Å². The molecule has 3 heteroatoms. The molecular formula is C16H21NO2. The Kier molecular flexibility index (Phi) is 6.70. The molecule has 0 aromatic heterocycles. The number of nitrogens with zero attached hydrogens (tertiary/aromatic N) is 1. The molecule has 0 spiro atoms. The summed E-state index contributed by atoms with van der Waals surface area (Å²) >= 11 is 0. The SMILES string of the molecule is CCCCN(C)C(=O)c1cccc(C#CCCO)c1. The lowest BCUT2D eigenvalue weighted by molar-refractivity contribution is 0.0793. The van der Waals surface area contributed by atoms with Gasteiger partial charge < -0.3 is 10.0 Å². The highest BCUT2D eigenvalue weighted by molar-refractivity contribution is 5.94. The molecule has 1 N–H and O–H groups in total. The first-order valence-corrected chi connectivity index (χ1v) is 6.64. The normalized spacial score (nSPS) is 9.63. The summed E-state index contributed by atoms with van der Waals surface area (Å²) in [6.07, 6.45) is 2.54. The molecule has 0 aliphatic rings. The van der Waals surface area contributed by atoms with Crippen molar-refractivity contribution < 1.29 is 9.90 Å². The minimum Gasteiger partial charge on any atom is -0.395 e. The number of benzene rings is 1. The highest BCUT2D eigenvalue weighted by Gasteiger charge is 2.10. The second kappa shape index (κ2) is 8.34. The molecule has 0 unspecified atom stereocenters. The summed E-state index contributed by atoms with van der Waals surface area (Å²) in [6, 6.07) is 7.31. The Morgan fingerprint density at radius 2 is 2.21 bits per heavy atom. The van der Waals surface area contributed by atoms with Gasteiger partial charge in [-0.05, 0) is 24.6 Å². The van der Waals surface area contributed by atoms with Crippen LogP contribution in [0.1, 0.15) is 42.1 Å². The van der Waals surface area contributed by atoms with Crippen molar-refractivity contribution in [3.8, 4) is 11.8 Å². The summed E-state index contributed by atoms with van der Waals surface area (Å²) in [5, 5.41) is 8.68. The maximum Gasteiger partial charge on any atom is 0.253 e. The number of aliphatic hydroxyl groups is 1. The maximum atomic E-state index is 12.2. The molecule has 1 aromatic carbocycles. The number of aliphatic hydroxyl groups excluding tert-OH is 1. The predicted molar refractivity (Wildman–Crippen MR) is 76.9 cm³/mol. The van der Waals surface area contributed by atoms with Crippen LogP contribution in [0.2, 0.25) is 0 Å². The fraction of sp³-hybridized carbons (Fsp3) is 0.438. The number of carbonyl (C=O) groups excluding carboxylic acids is 1. The molecule has 0 bridgehead atoms. The van der Waals surface area contributed by atoms with Crippen LogP contribution in [0.5, 0.6) is 0 Å². The van der Waals surface area contributed by atoms with E-state index in [4.69, 9.17) is 5.11 Å². The Morgan fingerprint density at radius 3 is 2.89 bits per heavy atom. The van der Waals surface area contributed by atoms with E-state index in [0.29, 0.717) is 12.0 Å². The molecule has 1 amide bonds. The van der Waals surface area contributed by atoms with Gasteiger partial charge in [0.05, 0.1) is 6.61 Å². The maximum absolute atomic E-state index is 12.2. The van der Waals surface area contributed by atoms with Crippen LogP contribution in [-0.2, 0) is 0 Å². The van der Waals surface area contributed by atoms with Crippen molar-refractivity contribution in [3.05, 3.63) is 35.4 Å². The third kappa shape index (κ3) is 5.15. The standard InChI is InChI=1S/C16H21NO2/c1-3-4-11-17(2)16(19)15-10-7-9-14(13-15)8-5-6-12-18/h7,9-10,13,18H,3-4,6,11-12H2,1-2H3. The molecule has 1 aromatic rings. The Balaban J connectivity index is 2.76. The average molecular weight is 259 g/mol. The van der Waals surface area contributed by atoms with E-state index < -0.39 is 0 Å². The van der Waals surface area contributed by atoms with Crippen LogP contribution in [0.4, 0.5) is 0 Å². The lowest BCUT2D eigenvalue weighted by Gasteiger charge is -2.16. The number of unbranched alkanes of at least 4 members (excludes halogenated alkanes) is 1. The van der Waals surface area contributed by atoms with Gasteiger partial charge in [-0.1, -0.05) is 31.3 Å². The van der Waals surface area contributed by atoms with Gasteiger partial charge in [0.2, 0.25) is 0 Å². The number of hydrogen-bond acceptors (Lipinski definition) is 2.